The largest absolute Gasteiger partial charge is 0.327 e. The van der Waals surface area contributed by atoms with Gasteiger partial charge in [0.05, 0.1) is 0 Å². The lowest BCUT2D eigenvalue weighted by atomic mass is 10.1. The Labute approximate surface area is 105 Å². The van der Waals surface area contributed by atoms with Gasteiger partial charge in [-0.15, -0.1) is 0 Å². The molecule has 2 N–H and O–H groups in total. The van der Waals surface area contributed by atoms with Gasteiger partial charge in [0, 0.05) is 25.4 Å². The zero-order chi connectivity index (χ0) is 12.5. The van der Waals surface area contributed by atoms with Crippen LogP contribution in [-0.2, 0) is 19.4 Å². The molecule has 5 heteroatoms. The van der Waals surface area contributed by atoms with Crippen molar-refractivity contribution in [2.45, 2.75) is 31.8 Å². The van der Waals surface area contributed by atoms with Crippen LogP contribution in [0, 0.1) is 5.82 Å². The molecule has 2 heterocycles. The molecule has 18 heavy (non-hydrogen) atoms. The predicted molar refractivity (Wildman–Crippen MR) is 65.5 cm³/mol. The molecular weight excluding hydrogens is 231 g/mol. The van der Waals surface area contributed by atoms with Crippen molar-refractivity contribution >= 4 is 0 Å². The van der Waals surface area contributed by atoms with E-state index in [1.165, 1.54) is 12.1 Å². The van der Waals surface area contributed by atoms with Crippen molar-refractivity contribution in [2.75, 3.05) is 0 Å². The average Bonchev–Trinajstić information content (AvgIpc) is 2.70. The van der Waals surface area contributed by atoms with Crippen LogP contribution in [0.25, 0.3) is 0 Å². The summed E-state index contributed by atoms with van der Waals surface area (Å²) < 4.78 is 15.0. The van der Waals surface area contributed by atoms with E-state index in [0.29, 0.717) is 6.42 Å². The third kappa shape index (κ3) is 2.26. The number of hydrogen-bond donors (Lipinski definition) is 1. The van der Waals surface area contributed by atoms with Crippen LogP contribution in [-0.4, -0.2) is 20.8 Å². The number of nitrogens with two attached hydrogens (primary N) is 1. The summed E-state index contributed by atoms with van der Waals surface area (Å²) in [6, 6.07) is 6.73. The molecule has 0 radical (unpaired) electrons. The first kappa shape index (κ1) is 11.3. The number of benzene rings is 1. The van der Waals surface area contributed by atoms with E-state index < -0.39 is 0 Å². The van der Waals surface area contributed by atoms with Crippen molar-refractivity contribution in [1.29, 1.82) is 0 Å². The van der Waals surface area contributed by atoms with Gasteiger partial charge in [0.1, 0.15) is 11.6 Å². The van der Waals surface area contributed by atoms with Gasteiger partial charge < -0.3 is 5.73 Å². The second-order valence-electron chi connectivity index (χ2n) is 4.73. The Kier molecular flexibility index (Phi) is 2.83. The first-order valence-corrected chi connectivity index (χ1v) is 6.13. The van der Waals surface area contributed by atoms with Gasteiger partial charge in [-0.3, -0.25) is 0 Å². The molecule has 1 aromatic heterocycles. The van der Waals surface area contributed by atoms with E-state index >= 15 is 0 Å². The maximum absolute atomic E-state index is 13.1. The quantitative estimate of drug-likeness (QED) is 0.868. The van der Waals surface area contributed by atoms with E-state index in [1.807, 2.05) is 10.7 Å². The molecule has 94 valence electrons. The zero-order valence-electron chi connectivity index (χ0n) is 10.0. The molecule has 0 fully saturated rings. The molecule has 1 atom stereocenters. The summed E-state index contributed by atoms with van der Waals surface area (Å²) in [5.41, 5.74) is 6.79. The summed E-state index contributed by atoms with van der Waals surface area (Å²) >= 11 is 0. The Morgan fingerprint density at radius 1 is 1.44 bits per heavy atom. The van der Waals surface area contributed by atoms with E-state index in [4.69, 9.17) is 5.73 Å². The Morgan fingerprint density at radius 3 is 3.17 bits per heavy atom. The van der Waals surface area contributed by atoms with Crippen molar-refractivity contribution in [1.82, 2.24) is 14.8 Å². The number of fused-ring (bicyclic) bond motifs is 1. The van der Waals surface area contributed by atoms with Gasteiger partial charge in [0.2, 0.25) is 0 Å². The Bertz CT molecular complexity index is 564. The molecule has 4 nitrogen and oxygen atoms in total. The van der Waals surface area contributed by atoms with E-state index in [2.05, 4.69) is 10.1 Å². The van der Waals surface area contributed by atoms with Crippen molar-refractivity contribution in [2.24, 2.45) is 5.73 Å². The second-order valence-corrected chi connectivity index (χ2v) is 4.73. The van der Waals surface area contributed by atoms with Crippen LogP contribution < -0.4 is 5.73 Å². The Hall–Kier alpha value is -1.75. The minimum absolute atomic E-state index is 0.184. The average molecular weight is 246 g/mol. The Morgan fingerprint density at radius 2 is 2.33 bits per heavy atom. The summed E-state index contributed by atoms with van der Waals surface area (Å²) in [6.45, 7) is 0.826. The maximum Gasteiger partial charge on any atom is 0.155 e. The van der Waals surface area contributed by atoms with Crippen molar-refractivity contribution in [3.63, 3.8) is 0 Å². The summed E-state index contributed by atoms with van der Waals surface area (Å²) in [7, 11) is 0. The van der Waals surface area contributed by atoms with E-state index in [1.54, 1.807) is 6.07 Å². The highest BCUT2D eigenvalue weighted by atomic mass is 19.1. The third-order valence-electron chi connectivity index (χ3n) is 3.20. The minimum Gasteiger partial charge on any atom is -0.327 e. The van der Waals surface area contributed by atoms with Gasteiger partial charge in [-0.05, 0) is 24.1 Å². The highest BCUT2D eigenvalue weighted by Crippen LogP contribution is 2.14. The van der Waals surface area contributed by atoms with Crippen LogP contribution in [0.15, 0.2) is 24.3 Å². The fourth-order valence-electron chi connectivity index (χ4n) is 2.29. The predicted octanol–water partition coefficient (Wildman–Crippen LogP) is 1.28. The number of halogens is 1. The first-order chi connectivity index (χ1) is 8.70. The monoisotopic (exact) mass is 246 g/mol. The summed E-state index contributed by atoms with van der Waals surface area (Å²) in [5, 5.41) is 4.44. The molecule has 0 bridgehead atoms. The lowest BCUT2D eigenvalue weighted by Gasteiger charge is -2.17. The van der Waals surface area contributed by atoms with Crippen LogP contribution in [0.3, 0.4) is 0 Å². The van der Waals surface area contributed by atoms with Crippen molar-refractivity contribution in [3.8, 4) is 0 Å². The maximum atomic E-state index is 13.1. The number of aromatic nitrogens is 3. The standard InChI is InChI=1S/C13H15FN4/c14-10-3-1-2-9(6-10)7-12-16-13-8-11(15)4-5-18(13)17-12/h1-3,6,11H,4-5,7-8,15H2. The Balaban J connectivity index is 1.82. The summed E-state index contributed by atoms with van der Waals surface area (Å²) in [6.07, 6.45) is 2.28. The molecule has 0 amide bonds. The third-order valence-corrected chi connectivity index (χ3v) is 3.20. The van der Waals surface area contributed by atoms with Gasteiger partial charge in [0.25, 0.3) is 0 Å². The van der Waals surface area contributed by atoms with Gasteiger partial charge in [0.15, 0.2) is 5.82 Å². The molecule has 2 aromatic rings. The summed E-state index contributed by atoms with van der Waals surface area (Å²) in [4.78, 5) is 4.48. The van der Waals surface area contributed by atoms with E-state index in [-0.39, 0.29) is 11.9 Å². The zero-order valence-corrected chi connectivity index (χ0v) is 10.0. The topological polar surface area (TPSA) is 56.7 Å². The van der Waals surface area contributed by atoms with Crippen LogP contribution in [0.5, 0.6) is 0 Å². The van der Waals surface area contributed by atoms with E-state index in [0.717, 1.165) is 36.6 Å². The molecular formula is C13H15FN4. The number of aryl methyl sites for hydroxylation is 1. The molecule has 1 aromatic carbocycles. The molecule has 1 unspecified atom stereocenters. The fourth-order valence-corrected chi connectivity index (χ4v) is 2.29. The normalized spacial score (nSPS) is 18.7. The first-order valence-electron chi connectivity index (χ1n) is 6.13. The van der Waals surface area contributed by atoms with E-state index in [9.17, 15) is 4.39 Å². The molecule has 0 saturated carbocycles. The minimum atomic E-state index is -0.224. The van der Waals surface area contributed by atoms with Gasteiger partial charge >= 0.3 is 0 Å². The van der Waals surface area contributed by atoms with Crippen molar-refractivity contribution < 1.29 is 4.39 Å². The molecule has 0 spiro atoms. The SMILES string of the molecule is NC1CCn2nc(Cc3cccc(F)c3)nc2C1. The smallest absolute Gasteiger partial charge is 0.155 e. The molecule has 0 saturated heterocycles. The highest BCUT2D eigenvalue weighted by Gasteiger charge is 2.19. The number of nitrogens with zero attached hydrogens (tertiary/aromatic N) is 3. The highest BCUT2D eigenvalue weighted by molar-refractivity contribution is 5.20. The van der Waals surface area contributed by atoms with Crippen LogP contribution in [0.1, 0.15) is 23.6 Å². The van der Waals surface area contributed by atoms with Crippen LogP contribution >= 0.6 is 0 Å². The lowest BCUT2D eigenvalue weighted by Crippen LogP contribution is -2.31. The number of rotatable bonds is 2. The van der Waals surface area contributed by atoms with Gasteiger partial charge in [-0.1, -0.05) is 12.1 Å². The summed E-state index contributed by atoms with van der Waals surface area (Å²) in [5.74, 6) is 1.46. The molecule has 1 aliphatic rings. The molecule has 1 aliphatic heterocycles. The van der Waals surface area contributed by atoms with Crippen molar-refractivity contribution in [3.05, 3.63) is 47.3 Å². The second kappa shape index (κ2) is 4.49. The lowest BCUT2D eigenvalue weighted by molar-refractivity contribution is 0.432. The fraction of sp³-hybridized carbons (Fsp3) is 0.385. The van der Waals surface area contributed by atoms with Crippen LogP contribution in [0.4, 0.5) is 4.39 Å². The molecule has 3 rings (SSSR count). The van der Waals surface area contributed by atoms with Crippen LogP contribution in [0.2, 0.25) is 0 Å². The molecule has 0 aliphatic carbocycles. The number of hydrogen-bond acceptors (Lipinski definition) is 3. The van der Waals surface area contributed by atoms with Gasteiger partial charge in [-0.2, -0.15) is 5.10 Å². The van der Waals surface area contributed by atoms with Gasteiger partial charge in [-0.25, -0.2) is 14.1 Å².